The van der Waals surface area contributed by atoms with Gasteiger partial charge in [-0.1, -0.05) is 0 Å². The van der Waals surface area contributed by atoms with Crippen molar-refractivity contribution in [1.29, 1.82) is 0 Å². The number of aromatic nitrogens is 3. The van der Waals surface area contributed by atoms with Gasteiger partial charge in [0, 0.05) is 13.1 Å². The number of rotatable bonds is 1. The summed E-state index contributed by atoms with van der Waals surface area (Å²) in [6.07, 6.45) is 0. The van der Waals surface area contributed by atoms with E-state index in [0.717, 1.165) is 10.7 Å². The zero-order valence-corrected chi connectivity index (χ0v) is 8.74. The van der Waals surface area contributed by atoms with Crippen LogP contribution in [0.5, 0.6) is 0 Å². The van der Waals surface area contributed by atoms with Crippen LogP contribution in [0.2, 0.25) is 0 Å². The average molecular weight is 225 g/mol. The third-order valence-corrected chi connectivity index (χ3v) is 2.34. The lowest BCUT2D eigenvalue weighted by atomic mass is 10.3. The Morgan fingerprint density at radius 1 is 1.31 bits per heavy atom. The number of hydrogen-bond donors (Lipinski definition) is 0. The Labute approximate surface area is 89.7 Å². The third kappa shape index (κ3) is 1.52. The van der Waals surface area contributed by atoms with Crippen molar-refractivity contribution in [1.82, 2.24) is 14.3 Å². The van der Waals surface area contributed by atoms with Crippen LogP contribution in [0.4, 0.5) is 8.78 Å². The monoisotopic (exact) mass is 225 g/mol. The molecule has 0 amide bonds. The van der Waals surface area contributed by atoms with Crippen molar-refractivity contribution >= 4 is 0 Å². The molecule has 0 aliphatic heterocycles. The minimum Gasteiger partial charge on any atom is -0.282 e. The molecule has 4 nitrogen and oxygen atoms in total. The number of aryl methyl sites for hydroxylation is 1. The van der Waals surface area contributed by atoms with Crippen molar-refractivity contribution in [3.63, 3.8) is 0 Å². The summed E-state index contributed by atoms with van der Waals surface area (Å²) in [5.74, 6) is -1.06. The summed E-state index contributed by atoms with van der Waals surface area (Å²) in [4.78, 5) is 11.6. The Bertz CT molecular complexity index is 601. The molecule has 6 heteroatoms. The maximum absolute atomic E-state index is 13.4. The minimum absolute atomic E-state index is 0.0601. The van der Waals surface area contributed by atoms with Crippen LogP contribution in [0, 0.1) is 18.6 Å². The van der Waals surface area contributed by atoms with Gasteiger partial charge in [-0.2, -0.15) is 9.78 Å². The van der Waals surface area contributed by atoms with Crippen molar-refractivity contribution in [3.8, 4) is 5.69 Å². The van der Waals surface area contributed by atoms with Gasteiger partial charge in [0.15, 0.2) is 5.82 Å². The quantitative estimate of drug-likeness (QED) is 0.730. The average Bonchev–Trinajstić information content (AvgIpc) is 2.46. The van der Waals surface area contributed by atoms with E-state index in [1.807, 2.05) is 0 Å². The molecule has 0 saturated carbocycles. The second kappa shape index (κ2) is 3.55. The number of halogens is 2. The summed E-state index contributed by atoms with van der Waals surface area (Å²) in [6.45, 7) is 1.62. The van der Waals surface area contributed by atoms with Gasteiger partial charge in [0.05, 0.1) is 0 Å². The normalized spacial score (nSPS) is 10.8. The van der Waals surface area contributed by atoms with Gasteiger partial charge in [-0.3, -0.25) is 4.57 Å². The molecule has 0 fully saturated rings. The summed E-state index contributed by atoms with van der Waals surface area (Å²) < 4.78 is 28.3. The fourth-order valence-corrected chi connectivity index (χ4v) is 1.35. The first kappa shape index (κ1) is 10.5. The minimum atomic E-state index is -0.819. The van der Waals surface area contributed by atoms with E-state index in [4.69, 9.17) is 0 Å². The second-order valence-electron chi connectivity index (χ2n) is 3.40. The van der Waals surface area contributed by atoms with Gasteiger partial charge in [0.2, 0.25) is 0 Å². The molecule has 0 saturated heterocycles. The molecule has 84 valence electrons. The summed E-state index contributed by atoms with van der Waals surface area (Å²) in [5.41, 5.74) is -0.530. The second-order valence-corrected chi connectivity index (χ2v) is 3.40. The van der Waals surface area contributed by atoms with Gasteiger partial charge in [-0.05, 0) is 19.1 Å². The van der Waals surface area contributed by atoms with E-state index in [2.05, 4.69) is 5.10 Å². The maximum Gasteiger partial charge on any atom is 0.350 e. The molecule has 0 unspecified atom stereocenters. The highest BCUT2D eigenvalue weighted by Gasteiger charge is 2.12. The Morgan fingerprint density at radius 2 is 2.00 bits per heavy atom. The van der Waals surface area contributed by atoms with Crippen LogP contribution in [-0.4, -0.2) is 14.3 Å². The third-order valence-electron chi connectivity index (χ3n) is 2.34. The Kier molecular flexibility index (Phi) is 2.34. The molecule has 0 atom stereocenters. The Morgan fingerprint density at radius 3 is 2.50 bits per heavy atom. The molecule has 0 aliphatic rings. The lowest BCUT2D eigenvalue weighted by molar-refractivity contribution is 0.571. The largest absolute Gasteiger partial charge is 0.350 e. The predicted octanol–water partition coefficient (Wildman–Crippen LogP) is 1.16. The molecule has 0 N–H and O–H groups in total. The molecule has 1 heterocycles. The van der Waals surface area contributed by atoms with Crippen molar-refractivity contribution in [2.24, 2.45) is 7.05 Å². The van der Waals surface area contributed by atoms with E-state index >= 15 is 0 Å². The van der Waals surface area contributed by atoms with Gasteiger partial charge >= 0.3 is 5.69 Å². The van der Waals surface area contributed by atoms with Crippen LogP contribution in [0.3, 0.4) is 0 Å². The highest BCUT2D eigenvalue weighted by Crippen LogP contribution is 2.12. The summed E-state index contributed by atoms with van der Waals surface area (Å²) in [7, 11) is 1.53. The van der Waals surface area contributed by atoms with Crippen molar-refractivity contribution in [2.75, 3.05) is 0 Å². The first-order chi connectivity index (χ1) is 7.50. The lowest BCUT2D eigenvalue weighted by Crippen LogP contribution is -2.22. The summed E-state index contributed by atoms with van der Waals surface area (Å²) in [5, 5.41) is 3.88. The zero-order chi connectivity index (χ0) is 11.9. The number of benzene rings is 1. The van der Waals surface area contributed by atoms with Gasteiger partial charge < -0.3 is 0 Å². The Hall–Kier alpha value is -1.98. The van der Waals surface area contributed by atoms with Crippen LogP contribution in [0.1, 0.15) is 5.82 Å². The van der Waals surface area contributed by atoms with Gasteiger partial charge in [0.1, 0.15) is 17.3 Å². The SMILES string of the molecule is Cc1nn(-c2ccc(F)cc2F)c(=O)n1C. The van der Waals surface area contributed by atoms with Crippen LogP contribution in [0.15, 0.2) is 23.0 Å². The highest BCUT2D eigenvalue weighted by molar-refractivity contribution is 5.32. The highest BCUT2D eigenvalue weighted by atomic mass is 19.1. The van der Waals surface area contributed by atoms with Crippen molar-refractivity contribution in [3.05, 3.63) is 46.1 Å². The van der Waals surface area contributed by atoms with Crippen molar-refractivity contribution in [2.45, 2.75) is 6.92 Å². The van der Waals surface area contributed by atoms with E-state index < -0.39 is 17.3 Å². The van der Waals surface area contributed by atoms with Crippen LogP contribution in [-0.2, 0) is 7.05 Å². The Balaban J connectivity index is 2.68. The molecule has 0 spiro atoms. The van der Waals surface area contributed by atoms with E-state index in [9.17, 15) is 13.6 Å². The molecule has 2 aromatic rings. The maximum atomic E-state index is 13.4. The summed E-state index contributed by atoms with van der Waals surface area (Å²) in [6, 6.07) is 2.97. The van der Waals surface area contributed by atoms with E-state index in [0.29, 0.717) is 11.9 Å². The zero-order valence-electron chi connectivity index (χ0n) is 8.74. The topological polar surface area (TPSA) is 39.8 Å². The van der Waals surface area contributed by atoms with Crippen LogP contribution >= 0.6 is 0 Å². The molecule has 0 aliphatic carbocycles. The molecule has 0 bridgehead atoms. The molecule has 16 heavy (non-hydrogen) atoms. The molecular weight excluding hydrogens is 216 g/mol. The first-order valence-electron chi connectivity index (χ1n) is 4.59. The van der Waals surface area contributed by atoms with Crippen molar-refractivity contribution < 1.29 is 8.78 Å². The summed E-state index contributed by atoms with van der Waals surface area (Å²) >= 11 is 0. The number of nitrogens with zero attached hydrogens (tertiary/aromatic N) is 3. The van der Waals surface area contributed by atoms with Gasteiger partial charge in [0.25, 0.3) is 0 Å². The van der Waals surface area contributed by atoms with Gasteiger partial charge in [-0.15, -0.1) is 0 Å². The smallest absolute Gasteiger partial charge is 0.282 e. The van der Waals surface area contributed by atoms with E-state index in [1.54, 1.807) is 6.92 Å². The standard InChI is InChI=1S/C10H9F2N3O/c1-6-13-15(10(16)14(6)2)9-4-3-7(11)5-8(9)12/h3-5H,1-2H3. The molecule has 1 aromatic heterocycles. The van der Waals surface area contributed by atoms with Crippen LogP contribution in [0.25, 0.3) is 5.69 Å². The van der Waals surface area contributed by atoms with E-state index in [1.165, 1.54) is 17.7 Å². The number of hydrogen-bond acceptors (Lipinski definition) is 2. The lowest BCUT2D eigenvalue weighted by Gasteiger charge is -2.00. The van der Waals surface area contributed by atoms with Gasteiger partial charge in [-0.25, -0.2) is 13.6 Å². The first-order valence-corrected chi connectivity index (χ1v) is 4.59. The fraction of sp³-hybridized carbons (Fsp3) is 0.200. The molecular formula is C10H9F2N3O. The van der Waals surface area contributed by atoms with Crippen LogP contribution < -0.4 is 5.69 Å². The molecule has 1 aromatic carbocycles. The fourth-order valence-electron chi connectivity index (χ4n) is 1.35. The molecule has 0 radical (unpaired) electrons. The molecule has 2 rings (SSSR count). The predicted molar refractivity (Wildman–Crippen MR) is 53.5 cm³/mol. The van der Waals surface area contributed by atoms with E-state index in [-0.39, 0.29) is 5.69 Å².